The van der Waals surface area contributed by atoms with E-state index in [4.69, 9.17) is 11.5 Å². The van der Waals surface area contributed by atoms with Gasteiger partial charge in [-0.25, -0.2) is 9.67 Å². The van der Waals surface area contributed by atoms with E-state index in [2.05, 4.69) is 25.7 Å². The van der Waals surface area contributed by atoms with Gasteiger partial charge in [0.1, 0.15) is 11.4 Å². The van der Waals surface area contributed by atoms with E-state index in [1.165, 1.54) is 6.20 Å². The number of hydrogen-bond acceptors (Lipinski definition) is 7. The van der Waals surface area contributed by atoms with E-state index in [-0.39, 0.29) is 17.1 Å². The lowest BCUT2D eigenvalue weighted by atomic mass is 10.1. The van der Waals surface area contributed by atoms with E-state index >= 15 is 0 Å². The summed E-state index contributed by atoms with van der Waals surface area (Å²) in [6.07, 6.45) is 6.90. The van der Waals surface area contributed by atoms with Crippen molar-refractivity contribution in [2.45, 2.75) is 31.3 Å². The molecule has 1 fully saturated rings. The predicted octanol–water partition coefficient (Wildman–Crippen LogP) is 1.80. The van der Waals surface area contributed by atoms with Crippen molar-refractivity contribution in [2.24, 2.45) is 11.5 Å². The van der Waals surface area contributed by atoms with Gasteiger partial charge in [-0.2, -0.15) is 10.1 Å². The fourth-order valence-corrected chi connectivity index (χ4v) is 2.93. The number of nitrogens with zero attached hydrogens (tertiary/aromatic N) is 4. The fourth-order valence-electron chi connectivity index (χ4n) is 2.93. The van der Waals surface area contributed by atoms with Crippen LogP contribution in [0.25, 0.3) is 5.69 Å². The van der Waals surface area contributed by atoms with Crippen LogP contribution in [0.1, 0.15) is 30.1 Å². The summed E-state index contributed by atoms with van der Waals surface area (Å²) in [5.74, 6) is 0.111. The number of benzene rings is 1. The van der Waals surface area contributed by atoms with E-state index < -0.39 is 5.91 Å². The van der Waals surface area contributed by atoms with Crippen LogP contribution in [-0.2, 0) is 0 Å². The van der Waals surface area contributed by atoms with Gasteiger partial charge in [-0.15, -0.1) is 0 Å². The smallest absolute Gasteiger partial charge is 0.254 e. The Hall–Kier alpha value is -3.46. The van der Waals surface area contributed by atoms with Crippen molar-refractivity contribution in [2.75, 3.05) is 10.6 Å². The average Bonchev–Trinajstić information content (AvgIpc) is 3.19. The van der Waals surface area contributed by atoms with Gasteiger partial charge in [-0.05, 0) is 44.0 Å². The van der Waals surface area contributed by atoms with Gasteiger partial charge in [0.15, 0.2) is 0 Å². The Kier molecular flexibility index (Phi) is 4.44. The number of carbonyl (C=O) groups is 1. The normalized spacial score (nSPS) is 15.6. The maximum absolute atomic E-state index is 11.8. The van der Waals surface area contributed by atoms with Crippen LogP contribution in [0, 0.1) is 0 Å². The molecule has 2 heterocycles. The number of anilines is 3. The van der Waals surface area contributed by atoms with Crippen LogP contribution in [0.3, 0.4) is 0 Å². The molecule has 1 aromatic carbocycles. The summed E-state index contributed by atoms with van der Waals surface area (Å²) < 4.78 is 1.74. The zero-order valence-corrected chi connectivity index (χ0v) is 15.5. The van der Waals surface area contributed by atoms with Crippen LogP contribution in [0.4, 0.5) is 17.5 Å². The standard InChI is InChI=1S/C19H22N8O/c1-12(19(21)6-7-19)24-18-22-11-15(16(20)28)17(26-18)25-13-4-2-5-14(10-13)27-9-3-8-23-27/h2-5,8-12H,6-7,21H2,1H3,(H2,20,28)(H2,22,24,25,26). The summed E-state index contributed by atoms with van der Waals surface area (Å²) in [5.41, 5.74) is 13.3. The van der Waals surface area contributed by atoms with Crippen molar-refractivity contribution in [1.29, 1.82) is 0 Å². The van der Waals surface area contributed by atoms with Crippen LogP contribution < -0.4 is 22.1 Å². The van der Waals surface area contributed by atoms with Crippen LogP contribution >= 0.6 is 0 Å². The van der Waals surface area contributed by atoms with E-state index in [1.807, 2.05) is 43.5 Å². The number of aromatic nitrogens is 4. The molecule has 0 spiro atoms. The topological polar surface area (TPSA) is 137 Å². The molecule has 9 heteroatoms. The number of hydrogen-bond donors (Lipinski definition) is 4. The van der Waals surface area contributed by atoms with Crippen LogP contribution in [0.5, 0.6) is 0 Å². The zero-order chi connectivity index (χ0) is 19.7. The first-order valence-electron chi connectivity index (χ1n) is 9.04. The van der Waals surface area contributed by atoms with Gasteiger partial charge in [0.05, 0.1) is 5.69 Å². The van der Waals surface area contributed by atoms with Crippen molar-refractivity contribution in [3.63, 3.8) is 0 Å². The van der Waals surface area contributed by atoms with Crippen molar-refractivity contribution < 1.29 is 4.79 Å². The maximum atomic E-state index is 11.8. The van der Waals surface area contributed by atoms with E-state index in [1.54, 1.807) is 10.9 Å². The van der Waals surface area contributed by atoms with Gasteiger partial charge < -0.3 is 22.1 Å². The average molecular weight is 378 g/mol. The number of nitrogens with two attached hydrogens (primary N) is 2. The van der Waals surface area contributed by atoms with Gasteiger partial charge in [0.2, 0.25) is 5.95 Å². The minimum atomic E-state index is -0.609. The number of nitrogens with one attached hydrogen (secondary N) is 2. The second kappa shape index (κ2) is 6.93. The minimum Gasteiger partial charge on any atom is -0.365 e. The highest BCUT2D eigenvalue weighted by Crippen LogP contribution is 2.36. The quantitative estimate of drug-likeness (QED) is 0.492. The zero-order valence-electron chi connectivity index (χ0n) is 15.5. The van der Waals surface area contributed by atoms with E-state index in [0.717, 1.165) is 24.2 Å². The molecular weight excluding hydrogens is 356 g/mol. The van der Waals surface area contributed by atoms with Crippen molar-refractivity contribution in [1.82, 2.24) is 19.7 Å². The Morgan fingerprint density at radius 2 is 2.14 bits per heavy atom. The Balaban J connectivity index is 1.61. The Bertz CT molecular complexity index is 997. The number of primary amides is 1. The molecule has 6 N–H and O–H groups in total. The Morgan fingerprint density at radius 3 is 2.82 bits per heavy atom. The molecule has 3 aromatic rings. The highest BCUT2D eigenvalue weighted by molar-refractivity contribution is 5.98. The third kappa shape index (κ3) is 3.65. The monoisotopic (exact) mass is 378 g/mol. The summed E-state index contributed by atoms with van der Waals surface area (Å²) in [6, 6.07) is 9.44. The molecule has 2 aromatic heterocycles. The molecule has 1 aliphatic rings. The van der Waals surface area contributed by atoms with E-state index in [0.29, 0.717) is 11.8 Å². The highest BCUT2D eigenvalue weighted by Gasteiger charge is 2.43. The number of rotatable bonds is 7. The molecule has 4 rings (SSSR count). The third-order valence-electron chi connectivity index (χ3n) is 4.97. The molecule has 0 aliphatic heterocycles. The molecule has 1 amide bonds. The van der Waals surface area contributed by atoms with Crippen LogP contribution in [0.15, 0.2) is 48.9 Å². The van der Waals surface area contributed by atoms with Gasteiger partial charge in [0, 0.05) is 35.9 Å². The highest BCUT2D eigenvalue weighted by atomic mass is 16.1. The molecule has 0 bridgehead atoms. The van der Waals surface area contributed by atoms with Gasteiger partial charge in [-0.3, -0.25) is 4.79 Å². The molecule has 144 valence electrons. The maximum Gasteiger partial charge on any atom is 0.254 e. The lowest BCUT2D eigenvalue weighted by Crippen LogP contribution is -2.40. The Morgan fingerprint density at radius 1 is 1.32 bits per heavy atom. The van der Waals surface area contributed by atoms with Gasteiger partial charge in [-0.1, -0.05) is 6.07 Å². The molecular formula is C19H22N8O. The molecule has 1 atom stereocenters. The summed E-state index contributed by atoms with van der Waals surface area (Å²) in [5, 5.41) is 10.6. The number of carbonyl (C=O) groups excluding carboxylic acids is 1. The first kappa shape index (κ1) is 17.9. The molecule has 1 aliphatic carbocycles. The van der Waals surface area contributed by atoms with Gasteiger partial charge in [0.25, 0.3) is 5.91 Å². The summed E-state index contributed by atoms with van der Waals surface area (Å²) in [4.78, 5) is 20.5. The van der Waals surface area contributed by atoms with Crippen LogP contribution in [0.2, 0.25) is 0 Å². The molecule has 1 saturated carbocycles. The second-order valence-electron chi connectivity index (χ2n) is 7.05. The molecule has 28 heavy (non-hydrogen) atoms. The SMILES string of the molecule is CC(Nc1ncc(C(N)=O)c(Nc2cccc(-n3cccn3)c2)n1)C1(N)CC1. The molecule has 9 nitrogen and oxygen atoms in total. The summed E-state index contributed by atoms with van der Waals surface area (Å²) in [7, 11) is 0. The van der Waals surface area contributed by atoms with Crippen LogP contribution in [-0.4, -0.2) is 37.2 Å². The summed E-state index contributed by atoms with van der Waals surface area (Å²) >= 11 is 0. The minimum absolute atomic E-state index is 0.0166. The lowest BCUT2D eigenvalue weighted by Gasteiger charge is -2.21. The lowest BCUT2D eigenvalue weighted by molar-refractivity contribution is 0.100. The Labute approximate surface area is 162 Å². The third-order valence-corrected chi connectivity index (χ3v) is 4.97. The molecule has 0 saturated heterocycles. The van der Waals surface area contributed by atoms with Crippen molar-refractivity contribution in [3.8, 4) is 5.69 Å². The number of amides is 1. The van der Waals surface area contributed by atoms with E-state index in [9.17, 15) is 4.79 Å². The molecule has 1 unspecified atom stereocenters. The summed E-state index contributed by atoms with van der Waals surface area (Å²) in [6.45, 7) is 2.00. The molecule has 0 radical (unpaired) electrons. The van der Waals surface area contributed by atoms with Crippen molar-refractivity contribution >= 4 is 23.4 Å². The fraction of sp³-hybridized carbons (Fsp3) is 0.263. The second-order valence-corrected chi connectivity index (χ2v) is 7.05. The van der Waals surface area contributed by atoms with Crippen molar-refractivity contribution in [3.05, 3.63) is 54.5 Å². The first-order valence-corrected chi connectivity index (χ1v) is 9.04. The first-order chi connectivity index (χ1) is 13.4. The predicted molar refractivity (Wildman–Crippen MR) is 107 cm³/mol. The largest absolute Gasteiger partial charge is 0.365 e. The van der Waals surface area contributed by atoms with Gasteiger partial charge >= 0.3 is 0 Å².